The van der Waals surface area contributed by atoms with Crippen LogP contribution in [-0.4, -0.2) is 11.3 Å². The maximum absolute atomic E-state index is 12.3. The van der Waals surface area contributed by atoms with Crippen LogP contribution in [0.3, 0.4) is 0 Å². The fourth-order valence-corrected chi connectivity index (χ4v) is 1.90. The van der Waals surface area contributed by atoms with Crippen molar-refractivity contribution in [2.75, 3.05) is 5.73 Å². The van der Waals surface area contributed by atoms with Crippen molar-refractivity contribution >= 4 is 21.6 Å². The van der Waals surface area contributed by atoms with E-state index in [1.165, 1.54) is 24.4 Å². The third kappa shape index (κ3) is 3.78. The Morgan fingerprint density at radius 1 is 1.19 bits per heavy atom. The number of alkyl halides is 3. The lowest BCUT2D eigenvalue weighted by Gasteiger charge is -2.14. The van der Waals surface area contributed by atoms with Gasteiger partial charge in [0, 0.05) is 0 Å². The smallest absolute Gasteiger partial charge is 0.434 e. The Hall–Kier alpha value is -1.96. The molecule has 0 unspecified atom stereocenters. The molecule has 1 aromatic carbocycles. The van der Waals surface area contributed by atoms with Crippen molar-refractivity contribution < 1.29 is 22.6 Å². The Bertz CT molecular complexity index is 662. The first kappa shape index (κ1) is 15.4. The molecule has 2 aromatic rings. The summed E-state index contributed by atoms with van der Waals surface area (Å²) < 4.78 is 46.8. The maximum Gasteiger partial charge on any atom is 0.573 e. The average molecular weight is 363 g/mol. The van der Waals surface area contributed by atoms with Gasteiger partial charge in [0.05, 0.1) is 16.4 Å². The highest BCUT2D eigenvalue weighted by molar-refractivity contribution is 9.10. The van der Waals surface area contributed by atoms with Crippen molar-refractivity contribution in [2.24, 2.45) is 0 Å². The summed E-state index contributed by atoms with van der Waals surface area (Å²) in [5, 5.41) is 0. The van der Waals surface area contributed by atoms with Crippen LogP contribution in [-0.2, 0) is 0 Å². The number of nitrogens with zero attached hydrogens (tertiary/aromatic N) is 1. The van der Waals surface area contributed by atoms with Crippen LogP contribution in [0, 0.1) is 6.92 Å². The lowest BCUT2D eigenvalue weighted by atomic mass is 10.2. The van der Waals surface area contributed by atoms with Crippen LogP contribution >= 0.6 is 15.9 Å². The zero-order valence-electron chi connectivity index (χ0n) is 10.7. The molecule has 0 aliphatic rings. The number of aromatic nitrogens is 1. The normalized spacial score (nSPS) is 11.3. The van der Waals surface area contributed by atoms with Crippen LogP contribution in [0.4, 0.5) is 18.9 Å². The molecule has 8 heteroatoms. The highest BCUT2D eigenvalue weighted by atomic mass is 79.9. The highest BCUT2D eigenvalue weighted by Crippen LogP contribution is 2.38. The zero-order valence-corrected chi connectivity index (χ0v) is 12.3. The second kappa shape index (κ2) is 5.80. The summed E-state index contributed by atoms with van der Waals surface area (Å²) in [6, 6.07) is 5.43. The van der Waals surface area contributed by atoms with Gasteiger partial charge in [-0.05, 0) is 40.5 Å². The van der Waals surface area contributed by atoms with Crippen LogP contribution in [0.5, 0.6) is 17.4 Å². The van der Waals surface area contributed by atoms with Crippen LogP contribution < -0.4 is 15.2 Å². The molecular formula is C13H10BrF3N2O2. The third-order valence-corrected chi connectivity index (χ3v) is 3.49. The minimum absolute atomic E-state index is 0.0972. The van der Waals surface area contributed by atoms with Crippen LogP contribution in [0.2, 0.25) is 0 Å². The molecule has 4 nitrogen and oxygen atoms in total. The fourth-order valence-electron chi connectivity index (χ4n) is 1.49. The van der Waals surface area contributed by atoms with E-state index in [0.717, 1.165) is 6.07 Å². The van der Waals surface area contributed by atoms with E-state index in [1.54, 1.807) is 6.92 Å². The number of hydrogen-bond acceptors (Lipinski definition) is 4. The van der Waals surface area contributed by atoms with E-state index < -0.39 is 12.1 Å². The third-order valence-electron chi connectivity index (χ3n) is 2.55. The molecule has 0 bridgehead atoms. The summed E-state index contributed by atoms with van der Waals surface area (Å²) in [4.78, 5) is 3.94. The molecule has 112 valence electrons. The van der Waals surface area contributed by atoms with Crippen molar-refractivity contribution in [1.29, 1.82) is 0 Å². The first-order chi connectivity index (χ1) is 9.78. The van der Waals surface area contributed by atoms with Crippen molar-refractivity contribution in [3.63, 3.8) is 0 Å². The van der Waals surface area contributed by atoms with Crippen LogP contribution in [0.25, 0.3) is 0 Å². The Morgan fingerprint density at radius 3 is 2.43 bits per heavy atom. The summed E-state index contributed by atoms with van der Waals surface area (Å²) in [5.41, 5.74) is 6.79. The largest absolute Gasteiger partial charge is 0.573 e. The molecule has 0 atom stereocenters. The van der Waals surface area contributed by atoms with Gasteiger partial charge < -0.3 is 15.2 Å². The molecule has 0 aliphatic carbocycles. The Morgan fingerprint density at radius 2 is 1.81 bits per heavy atom. The van der Waals surface area contributed by atoms with Gasteiger partial charge in [-0.1, -0.05) is 12.1 Å². The lowest BCUT2D eigenvalue weighted by Crippen LogP contribution is -2.17. The fraction of sp³-hybridized carbons (Fsp3) is 0.154. The Kier molecular flexibility index (Phi) is 4.26. The van der Waals surface area contributed by atoms with Gasteiger partial charge in [-0.3, -0.25) is 0 Å². The lowest BCUT2D eigenvalue weighted by molar-refractivity contribution is -0.275. The summed E-state index contributed by atoms with van der Waals surface area (Å²) in [6.07, 6.45) is -3.44. The van der Waals surface area contributed by atoms with Crippen molar-refractivity contribution in [2.45, 2.75) is 13.3 Å². The number of para-hydroxylation sites is 2. The molecule has 0 saturated carbocycles. The van der Waals surface area contributed by atoms with Gasteiger partial charge in [0.1, 0.15) is 0 Å². The second-order valence-electron chi connectivity index (χ2n) is 4.05. The molecule has 1 heterocycles. The summed E-state index contributed by atoms with van der Waals surface area (Å²) >= 11 is 3.24. The van der Waals surface area contributed by atoms with E-state index in [1.807, 2.05) is 0 Å². The quantitative estimate of drug-likeness (QED) is 0.877. The Labute approximate surface area is 126 Å². The van der Waals surface area contributed by atoms with Gasteiger partial charge in [0.25, 0.3) is 0 Å². The van der Waals surface area contributed by atoms with E-state index >= 15 is 0 Å². The first-order valence-corrected chi connectivity index (χ1v) is 6.50. The molecular weight excluding hydrogens is 353 g/mol. The van der Waals surface area contributed by atoms with E-state index in [4.69, 9.17) is 10.5 Å². The number of benzene rings is 1. The molecule has 2 N–H and O–H groups in total. The predicted molar refractivity (Wildman–Crippen MR) is 74.3 cm³/mol. The van der Waals surface area contributed by atoms with E-state index in [0.29, 0.717) is 15.7 Å². The minimum Gasteiger partial charge on any atom is -0.434 e. The number of anilines is 1. The van der Waals surface area contributed by atoms with E-state index in [-0.39, 0.29) is 11.6 Å². The maximum atomic E-state index is 12.3. The molecule has 0 aliphatic heterocycles. The summed E-state index contributed by atoms with van der Waals surface area (Å²) in [7, 11) is 0. The minimum atomic E-state index is -4.80. The van der Waals surface area contributed by atoms with E-state index in [2.05, 4.69) is 25.7 Å². The average Bonchev–Trinajstić information content (AvgIpc) is 2.40. The van der Waals surface area contributed by atoms with Gasteiger partial charge in [-0.25, -0.2) is 4.98 Å². The number of nitrogen functional groups attached to an aromatic ring is 1. The number of rotatable bonds is 3. The number of halogens is 4. The monoisotopic (exact) mass is 362 g/mol. The first-order valence-electron chi connectivity index (χ1n) is 5.71. The molecule has 0 radical (unpaired) electrons. The second-order valence-corrected chi connectivity index (χ2v) is 4.85. The molecule has 2 rings (SSSR count). The van der Waals surface area contributed by atoms with Gasteiger partial charge in [-0.15, -0.1) is 13.2 Å². The highest BCUT2D eigenvalue weighted by Gasteiger charge is 2.32. The number of nitrogens with two attached hydrogens (primary N) is 1. The van der Waals surface area contributed by atoms with Crippen molar-refractivity contribution in [3.8, 4) is 17.4 Å². The topological polar surface area (TPSA) is 57.4 Å². The van der Waals surface area contributed by atoms with Crippen LogP contribution in [0.1, 0.15) is 5.56 Å². The molecule has 1 aromatic heterocycles. The van der Waals surface area contributed by atoms with Gasteiger partial charge in [-0.2, -0.15) is 0 Å². The van der Waals surface area contributed by atoms with Gasteiger partial charge >= 0.3 is 6.36 Å². The predicted octanol–water partition coefficient (Wildman–Crippen LogP) is 4.43. The SMILES string of the molecule is Cc1c(N)cnc(Oc2ccccc2OC(F)(F)F)c1Br. The zero-order chi connectivity index (χ0) is 15.6. The summed E-state index contributed by atoms with van der Waals surface area (Å²) in [5.74, 6) is -0.458. The number of hydrogen-bond donors (Lipinski definition) is 1. The molecule has 0 spiro atoms. The number of pyridine rings is 1. The van der Waals surface area contributed by atoms with Crippen molar-refractivity contribution in [1.82, 2.24) is 4.98 Å². The Balaban J connectivity index is 2.34. The molecule has 21 heavy (non-hydrogen) atoms. The summed E-state index contributed by atoms with van der Waals surface area (Å²) in [6.45, 7) is 1.73. The van der Waals surface area contributed by atoms with Crippen molar-refractivity contribution in [3.05, 3.63) is 40.5 Å². The molecule has 0 fully saturated rings. The molecule has 0 saturated heterocycles. The van der Waals surface area contributed by atoms with E-state index in [9.17, 15) is 13.2 Å². The number of ether oxygens (including phenoxy) is 2. The van der Waals surface area contributed by atoms with Gasteiger partial charge in [0.2, 0.25) is 5.88 Å². The van der Waals surface area contributed by atoms with Crippen LogP contribution in [0.15, 0.2) is 34.9 Å². The standard InChI is InChI=1S/C13H10BrF3N2O2/c1-7-8(18)6-19-12(11(7)14)20-9-4-2-3-5-10(9)21-13(15,16)17/h2-6H,18H2,1H3. The molecule has 0 amide bonds. The van der Waals surface area contributed by atoms with Gasteiger partial charge in [0.15, 0.2) is 11.5 Å².